The first-order chi connectivity index (χ1) is 12.3. The van der Waals surface area contributed by atoms with E-state index in [1.165, 1.54) is 12.3 Å². The lowest BCUT2D eigenvalue weighted by molar-refractivity contribution is 0.0188. The first-order valence-electron chi connectivity index (χ1n) is 6.48. The topological polar surface area (TPSA) is 303 Å². The van der Waals surface area contributed by atoms with Crippen molar-refractivity contribution in [3.05, 3.63) is 22.7 Å². The number of nitrogens with two attached hydrogens (primary N) is 1. The fourth-order valence-electron chi connectivity index (χ4n) is 1.17. The molecule has 1 rings (SSSR count). The van der Waals surface area contributed by atoms with Crippen LogP contribution in [0.2, 0.25) is 0 Å². The van der Waals surface area contributed by atoms with E-state index in [1.807, 2.05) is 0 Å². The molecule has 11 N–H and O–H groups in total. The van der Waals surface area contributed by atoms with Crippen molar-refractivity contribution < 1.29 is 62.7 Å². The normalized spacial score (nSPS) is 12.9. The van der Waals surface area contributed by atoms with E-state index in [-0.39, 0.29) is 12.4 Å². The van der Waals surface area contributed by atoms with Gasteiger partial charge in [0.1, 0.15) is 12.2 Å². The molecule has 1 aromatic rings. The predicted octanol–water partition coefficient (Wildman–Crippen LogP) is -3.52. The van der Waals surface area contributed by atoms with Gasteiger partial charge in [-0.3, -0.25) is 9.13 Å². The highest BCUT2D eigenvalue weighted by molar-refractivity contribution is 7.51. The van der Waals surface area contributed by atoms with Gasteiger partial charge in [-0.25, -0.2) is 13.9 Å². The van der Waals surface area contributed by atoms with Crippen LogP contribution in [0.1, 0.15) is 0 Å². The summed E-state index contributed by atoms with van der Waals surface area (Å²) in [6, 6.07) is 1.39. The number of phosphoric acid groups is 2. The molecule has 0 aromatic carbocycles. The van der Waals surface area contributed by atoms with Crippen LogP contribution < -0.4 is 11.4 Å². The Bertz CT molecular complexity index is 744. The van der Waals surface area contributed by atoms with Crippen molar-refractivity contribution in [1.82, 2.24) is 9.55 Å². The van der Waals surface area contributed by atoms with Crippen LogP contribution in [0.5, 0.6) is 0 Å². The summed E-state index contributed by atoms with van der Waals surface area (Å²) in [4.78, 5) is 75.2. The molecule has 0 bridgehead atoms. The van der Waals surface area contributed by atoms with Crippen LogP contribution in [0.15, 0.2) is 17.1 Å². The third-order valence-electron chi connectivity index (χ3n) is 1.98. The summed E-state index contributed by atoms with van der Waals surface area (Å²) in [5.41, 5.74) is 4.67. The minimum absolute atomic E-state index is 0.0629. The van der Waals surface area contributed by atoms with Crippen molar-refractivity contribution in [3.8, 4) is 0 Å². The highest BCUT2D eigenvalue weighted by Crippen LogP contribution is 2.34. The number of nitrogens with zero attached hydrogens (tertiary/aromatic N) is 2. The lowest BCUT2D eigenvalue weighted by Crippen LogP contribution is -2.32. The molecule has 17 nitrogen and oxygen atoms in total. The number of anilines is 1. The Kier molecular flexibility index (Phi) is 13.0. The molecule has 1 atom stereocenters. The van der Waals surface area contributed by atoms with E-state index in [4.69, 9.17) is 63.9 Å². The van der Waals surface area contributed by atoms with E-state index < -0.39 is 48.0 Å². The maximum atomic E-state index is 11.4. The van der Waals surface area contributed by atoms with Gasteiger partial charge in [0, 0.05) is 6.20 Å². The second-order valence-electron chi connectivity index (χ2n) is 4.58. The zero-order valence-corrected chi connectivity index (χ0v) is 16.4. The molecule has 0 saturated heterocycles. The fourth-order valence-corrected chi connectivity index (χ4v) is 1.57. The number of ether oxygens (including phenoxy) is 1. The second-order valence-corrected chi connectivity index (χ2v) is 8.22. The molecule has 0 aliphatic carbocycles. The molecule has 0 radical (unpaired) electrons. The third kappa shape index (κ3) is 25.0. The van der Waals surface area contributed by atoms with Crippen LogP contribution in [0.4, 0.5) is 5.82 Å². The lowest BCUT2D eigenvalue weighted by Gasteiger charge is -2.16. The smallest absolute Gasteiger partial charge is 0.394 e. The van der Waals surface area contributed by atoms with Crippen LogP contribution in [-0.4, -0.2) is 72.9 Å². The SMILES string of the molecule is Nc1ccn(C[C@@H](CO)OCP(=O)(O)O)c(=O)n1.O=P(O)(O)O.O=P(O)(O)O. The highest BCUT2D eigenvalue weighted by atomic mass is 31.2. The van der Waals surface area contributed by atoms with E-state index in [1.54, 1.807) is 0 Å². The van der Waals surface area contributed by atoms with Crippen molar-refractivity contribution >= 4 is 29.1 Å². The van der Waals surface area contributed by atoms with Gasteiger partial charge in [-0.1, -0.05) is 0 Å². The number of aliphatic hydroxyl groups excluding tert-OH is 1. The summed E-state index contributed by atoms with van der Waals surface area (Å²) < 4.78 is 34.3. The van der Waals surface area contributed by atoms with E-state index in [9.17, 15) is 9.36 Å². The molecule has 166 valence electrons. The molecule has 0 aliphatic heterocycles. The number of aliphatic hydroxyl groups is 1. The molecule has 0 aliphatic rings. The minimum Gasteiger partial charge on any atom is -0.394 e. The predicted molar refractivity (Wildman–Crippen MR) is 90.3 cm³/mol. The van der Waals surface area contributed by atoms with Crippen LogP contribution >= 0.6 is 23.2 Å². The molecular weight excluding hydrogens is 455 g/mol. The number of rotatable bonds is 6. The van der Waals surface area contributed by atoms with E-state index in [0.717, 1.165) is 4.57 Å². The molecule has 20 heteroatoms. The standard InChI is InChI=1S/C8H14N3O6P.2H3O4P/c9-7-1-2-11(8(13)10-7)3-6(4-12)17-5-18(14,15)16;2*1-5(2,3)4/h1-2,6,12H,3-5H2,(H2,9,10,13)(H2,14,15,16);2*(H3,1,2,3,4)/t6-;;/m0../s1. The molecular formula is C8H20N3O14P3. The summed E-state index contributed by atoms with van der Waals surface area (Å²) in [5.74, 6) is 0.0629. The van der Waals surface area contributed by atoms with E-state index in [0.29, 0.717) is 0 Å². The van der Waals surface area contributed by atoms with Crippen molar-refractivity contribution in [2.45, 2.75) is 12.6 Å². The van der Waals surface area contributed by atoms with Gasteiger partial charge in [-0.15, -0.1) is 0 Å². The third-order valence-corrected chi connectivity index (χ3v) is 2.46. The summed E-state index contributed by atoms with van der Waals surface area (Å²) in [5, 5.41) is 8.99. The molecule has 0 spiro atoms. The van der Waals surface area contributed by atoms with Gasteiger partial charge in [0.15, 0.2) is 0 Å². The maximum Gasteiger partial charge on any atom is 0.466 e. The molecule has 0 fully saturated rings. The zero-order chi connectivity index (χ0) is 22.8. The largest absolute Gasteiger partial charge is 0.466 e. The first kappa shape index (κ1) is 29.2. The maximum absolute atomic E-state index is 11.4. The molecule has 0 amide bonds. The highest BCUT2D eigenvalue weighted by Gasteiger charge is 2.18. The molecule has 28 heavy (non-hydrogen) atoms. The molecule has 0 unspecified atom stereocenters. The Hall–Kier alpha value is -1.03. The number of aromatic nitrogens is 2. The average Bonchev–Trinajstić information content (AvgIpc) is 2.41. The van der Waals surface area contributed by atoms with Crippen molar-refractivity contribution in [2.24, 2.45) is 0 Å². The summed E-state index contributed by atoms with van der Waals surface area (Å²) in [6.45, 7) is -0.570. The zero-order valence-electron chi connectivity index (χ0n) is 13.7. The molecule has 1 heterocycles. The van der Waals surface area contributed by atoms with Gasteiger partial charge in [-0.05, 0) is 6.07 Å². The van der Waals surface area contributed by atoms with Gasteiger partial charge in [0.05, 0.1) is 19.3 Å². The van der Waals surface area contributed by atoms with Crippen LogP contribution in [0, 0.1) is 0 Å². The molecule has 0 saturated carbocycles. The van der Waals surface area contributed by atoms with Gasteiger partial charge in [-0.2, -0.15) is 4.98 Å². The Balaban J connectivity index is 0. The number of hydrogen-bond donors (Lipinski definition) is 10. The van der Waals surface area contributed by atoms with Crippen molar-refractivity contribution in [3.63, 3.8) is 0 Å². The quantitative estimate of drug-likeness (QED) is 0.178. The minimum atomic E-state index is -4.64. The Morgan fingerprint density at radius 1 is 1.04 bits per heavy atom. The monoisotopic (exact) mass is 475 g/mol. The summed E-state index contributed by atoms with van der Waals surface area (Å²) in [7, 11) is -13.6. The second kappa shape index (κ2) is 12.5. The summed E-state index contributed by atoms with van der Waals surface area (Å²) >= 11 is 0. The van der Waals surface area contributed by atoms with Crippen molar-refractivity contribution in [2.75, 3.05) is 18.7 Å². The average molecular weight is 475 g/mol. The molecule has 1 aromatic heterocycles. The van der Waals surface area contributed by atoms with Gasteiger partial charge in [0.25, 0.3) is 0 Å². The van der Waals surface area contributed by atoms with Crippen LogP contribution in [-0.2, 0) is 25.0 Å². The van der Waals surface area contributed by atoms with E-state index >= 15 is 0 Å². The van der Waals surface area contributed by atoms with Crippen LogP contribution in [0.25, 0.3) is 0 Å². The Morgan fingerprint density at radius 3 is 1.79 bits per heavy atom. The fraction of sp³-hybridized carbons (Fsp3) is 0.500. The van der Waals surface area contributed by atoms with E-state index in [2.05, 4.69) is 4.98 Å². The number of hydrogen-bond acceptors (Lipinski definition) is 8. The van der Waals surface area contributed by atoms with Crippen LogP contribution in [0.3, 0.4) is 0 Å². The first-order valence-corrected chi connectivity index (χ1v) is 11.4. The lowest BCUT2D eigenvalue weighted by atomic mass is 10.3. The van der Waals surface area contributed by atoms with Gasteiger partial charge >= 0.3 is 28.9 Å². The number of nitrogen functional groups attached to an aromatic ring is 1. The Labute approximate surface area is 156 Å². The van der Waals surface area contributed by atoms with Gasteiger partial charge < -0.3 is 54.7 Å². The van der Waals surface area contributed by atoms with Gasteiger partial charge in [0.2, 0.25) is 0 Å². The summed E-state index contributed by atoms with van der Waals surface area (Å²) in [6.07, 6.45) is -0.385. The Morgan fingerprint density at radius 2 is 1.46 bits per heavy atom. The van der Waals surface area contributed by atoms with Crippen molar-refractivity contribution in [1.29, 1.82) is 0 Å².